The number of aliphatic hydroxyl groups excluding tert-OH is 2. The smallest absolute Gasteiger partial charge is 0.478 e. The van der Waals surface area contributed by atoms with Crippen molar-refractivity contribution in [2.24, 2.45) is 0 Å². The molecule has 0 aromatic carbocycles. The van der Waals surface area contributed by atoms with Crippen molar-refractivity contribution in [3.8, 4) is 5.75 Å². The second-order valence-corrected chi connectivity index (χ2v) is 10.4. The fourth-order valence-electron chi connectivity index (χ4n) is 2.40. The molecule has 1 aromatic heterocycles. The normalized spacial score (nSPS) is 28.1. The van der Waals surface area contributed by atoms with Crippen LogP contribution in [-0.2, 0) is 31.6 Å². The van der Waals surface area contributed by atoms with E-state index in [2.05, 4.69) is 13.1 Å². The van der Waals surface area contributed by atoms with Crippen LogP contribution in [0.15, 0.2) is 15.8 Å². The van der Waals surface area contributed by atoms with Gasteiger partial charge in [-0.25, -0.2) is 22.5 Å². The van der Waals surface area contributed by atoms with Crippen molar-refractivity contribution in [3.63, 3.8) is 0 Å². The van der Waals surface area contributed by atoms with E-state index in [1.54, 1.807) is 0 Å². The number of H-pyrrole nitrogens is 1. The molecule has 17 nitrogen and oxygen atoms in total. The van der Waals surface area contributed by atoms with Crippen LogP contribution in [0.1, 0.15) is 6.23 Å². The highest BCUT2D eigenvalue weighted by atomic mass is 31.3. The molecule has 1 aromatic rings. The zero-order valence-corrected chi connectivity index (χ0v) is 18.0. The van der Waals surface area contributed by atoms with Crippen molar-refractivity contribution < 1.29 is 61.2 Å². The maximum atomic E-state index is 12.0. The Morgan fingerprint density at radius 2 is 1.77 bits per heavy atom. The third-order valence-electron chi connectivity index (χ3n) is 3.61. The van der Waals surface area contributed by atoms with Gasteiger partial charge in [-0.05, 0) is 0 Å². The first-order chi connectivity index (χ1) is 14.1. The molecule has 0 amide bonds. The molecule has 6 unspecified atom stereocenters. The van der Waals surface area contributed by atoms with Gasteiger partial charge in [-0.3, -0.25) is 23.4 Å². The molecule has 1 aliphatic rings. The lowest BCUT2D eigenvalue weighted by Gasteiger charge is -2.20. The van der Waals surface area contributed by atoms with Gasteiger partial charge >= 0.3 is 21.3 Å². The first kappa shape index (κ1) is 26.1. The molecule has 6 atom stereocenters. The van der Waals surface area contributed by atoms with E-state index >= 15 is 0 Å². The zero-order chi connectivity index (χ0) is 23.8. The summed E-state index contributed by atoms with van der Waals surface area (Å²) in [5, 5.41) is 20.2. The molecule has 0 aliphatic carbocycles. The van der Waals surface area contributed by atoms with Crippen LogP contribution in [0.4, 0.5) is 0 Å². The predicted molar refractivity (Wildman–Crippen MR) is 97.2 cm³/mol. The van der Waals surface area contributed by atoms with Gasteiger partial charge in [0, 0.05) is 0 Å². The molecule has 0 spiro atoms. The molecule has 6 N–H and O–H groups in total. The van der Waals surface area contributed by atoms with Crippen LogP contribution >= 0.6 is 23.1 Å². The number of hydrogen-bond donors (Lipinski definition) is 6. The molecule has 21 heteroatoms. The number of hydrogen-bond acceptors (Lipinski definition) is 12. The number of aliphatic hydroxyl groups is 2. The van der Waals surface area contributed by atoms with Gasteiger partial charge in [-0.1, -0.05) is 0 Å². The number of phosphoric acid groups is 2. The summed E-state index contributed by atoms with van der Waals surface area (Å²) in [4.78, 5) is 51.9. The lowest BCUT2D eigenvalue weighted by molar-refractivity contribution is -0.0543. The van der Waals surface area contributed by atoms with Gasteiger partial charge in [0.25, 0.3) is 13.0 Å². The molecule has 31 heavy (non-hydrogen) atoms. The van der Waals surface area contributed by atoms with Gasteiger partial charge in [0.15, 0.2) is 6.23 Å². The Morgan fingerprint density at radius 1 is 1.16 bits per heavy atom. The minimum Gasteiger partial charge on any atom is -0.490 e. The highest BCUT2D eigenvalue weighted by Gasteiger charge is 2.46. The summed E-state index contributed by atoms with van der Waals surface area (Å²) in [5.41, 5.74) is -1.92. The summed E-state index contributed by atoms with van der Waals surface area (Å²) in [6.45, 7) is -1.02. The molecule has 1 aliphatic heterocycles. The monoisotopic (exact) mass is 508 g/mol. The van der Waals surface area contributed by atoms with E-state index in [1.807, 2.05) is 4.98 Å². The van der Waals surface area contributed by atoms with Crippen molar-refractivity contribution in [2.45, 2.75) is 24.5 Å². The number of rotatable bonds is 9. The van der Waals surface area contributed by atoms with E-state index in [-0.39, 0.29) is 5.75 Å². The fourth-order valence-corrected chi connectivity index (χ4v) is 5.64. The second kappa shape index (κ2) is 9.39. The Balaban J connectivity index is 2.12. The van der Waals surface area contributed by atoms with E-state index in [0.717, 1.165) is 13.3 Å². The largest absolute Gasteiger partial charge is 0.490 e. The maximum absolute atomic E-state index is 12.0. The average molecular weight is 508 g/mol. The standard InChI is InChI=1S/C10H16BN2O15P3/c1-24-4-2-13(10(17)12-8(4)16)9-7(15)6(14)5(26-9)3-25-31(22,23)28-29(11,18)27-30(19,20)21/h2,5-7,9,14-15H,3H2,1H3,(H,22,23)(H,12,16,17)(H2,19,20,21). The molecule has 2 radical (unpaired) electrons. The number of aromatic nitrogens is 2. The SMILES string of the molecule is [B]P(=O)(OP(=O)(O)O)OP(=O)(O)OCC1OC(n2cc(OC)c(=O)[nH]c2=O)C(O)C1O. The fraction of sp³-hybridized carbons (Fsp3) is 0.600. The summed E-state index contributed by atoms with van der Waals surface area (Å²) < 4.78 is 56.5. The third-order valence-corrected chi connectivity index (χ3v) is 7.58. The van der Waals surface area contributed by atoms with E-state index in [0.29, 0.717) is 4.57 Å². The van der Waals surface area contributed by atoms with Gasteiger partial charge in [-0.2, -0.15) is 0 Å². The van der Waals surface area contributed by atoms with Gasteiger partial charge < -0.3 is 34.4 Å². The van der Waals surface area contributed by atoms with Crippen LogP contribution in [-0.4, -0.2) is 74.0 Å². The number of ether oxygens (including phenoxy) is 2. The van der Waals surface area contributed by atoms with Crippen molar-refractivity contribution in [1.82, 2.24) is 9.55 Å². The lowest BCUT2D eigenvalue weighted by atomic mass is 10.1. The molecule has 1 saturated heterocycles. The predicted octanol–water partition coefficient (Wildman–Crippen LogP) is -2.32. The molecule has 1 fully saturated rings. The number of nitrogens with zero attached hydrogens (tertiary/aromatic N) is 1. The summed E-state index contributed by atoms with van der Waals surface area (Å²) in [6, 6.07) is 0. The van der Waals surface area contributed by atoms with Crippen LogP contribution in [0.5, 0.6) is 5.75 Å². The van der Waals surface area contributed by atoms with Gasteiger partial charge in [0.05, 0.1) is 19.9 Å². The van der Waals surface area contributed by atoms with Crippen molar-refractivity contribution >= 4 is 30.7 Å². The lowest BCUT2D eigenvalue weighted by Crippen LogP contribution is -2.38. The van der Waals surface area contributed by atoms with E-state index in [4.69, 9.17) is 26.8 Å². The zero-order valence-electron chi connectivity index (χ0n) is 15.3. The second-order valence-electron chi connectivity index (χ2n) is 5.87. The third kappa shape index (κ3) is 6.93. The van der Waals surface area contributed by atoms with Crippen molar-refractivity contribution in [2.75, 3.05) is 13.7 Å². The first-order valence-corrected chi connectivity index (χ1v) is 12.4. The van der Waals surface area contributed by atoms with Crippen LogP contribution in [0, 0.1) is 0 Å². The maximum Gasteiger partial charge on any atom is 0.478 e. The van der Waals surface area contributed by atoms with Crippen molar-refractivity contribution in [3.05, 3.63) is 27.0 Å². The van der Waals surface area contributed by atoms with Crippen LogP contribution in [0.3, 0.4) is 0 Å². The van der Waals surface area contributed by atoms with Gasteiger partial charge in [-0.15, -0.1) is 0 Å². The van der Waals surface area contributed by atoms with Crippen molar-refractivity contribution in [1.29, 1.82) is 0 Å². The van der Waals surface area contributed by atoms with Crippen LogP contribution in [0.25, 0.3) is 0 Å². The molecule has 174 valence electrons. The minimum absolute atomic E-state index is 0.332. The van der Waals surface area contributed by atoms with Gasteiger partial charge in [0.2, 0.25) is 13.3 Å². The van der Waals surface area contributed by atoms with Crippen LogP contribution in [0.2, 0.25) is 0 Å². The number of methoxy groups -OCH3 is 1. The highest BCUT2D eigenvalue weighted by molar-refractivity contribution is 7.86. The first-order valence-electron chi connectivity index (χ1n) is 7.80. The summed E-state index contributed by atoms with van der Waals surface area (Å²) in [7, 11) is -10.2. The summed E-state index contributed by atoms with van der Waals surface area (Å²) in [6.07, 6.45) is -5.88. The minimum atomic E-state index is -5.45. The van der Waals surface area contributed by atoms with E-state index in [9.17, 15) is 38.4 Å². The Morgan fingerprint density at radius 3 is 2.32 bits per heavy atom. The molecular formula is C10H16BN2O15P3. The number of phosphoric ester groups is 1. The Kier molecular flexibility index (Phi) is 7.92. The molecule has 2 rings (SSSR count). The van der Waals surface area contributed by atoms with Gasteiger partial charge in [0.1, 0.15) is 18.3 Å². The highest BCUT2D eigenvalue weighted by Crippen LogP contribution is 2.66. The Bertz CT molecular complexity index is 1070. The topological polar surface area (TPSA) is 253 Å². The summed E-state index contributed by atoms with van der Waals surface area (Å²) in [5.74, 6) is -0.332. The average Bonchev–Trinajstić information content (AvgIpc) is 2.85. The quantitative estimate of drug-likeness (QED) is 0.151. The Labute approximate surface area is 173 Å². The molecule has 0 bridgehead atoms. The van der Waals surface area contributed by atoms with Crippen LogP contribution < -0.4 is 16.0 Å². The molecular weight excluding hydrogens is 492 g/mol. The van der Waals surface area contributed by atoms with E-state index in [1.165, 1.54) is 0 Å². The number of aromatic amines is 1. The Hall–Kier alpha value is -1.13. The number of nitrogens with one attached hydrogen (secondary N) is 1. The molecule has 0 saturated carbocycles. The molecule has 2 heterocycles. The van der Waals surface area contributed by atoms with E-state index < -0.39 is 65.5 Å². The summed E-state index contributed by atoms with van der Waals surface area (Å²) >= 11 is 0.